The van der Waals surface area contributed by atoms with Crippen LogP contribution >= 0.6 is 11.3 Å². The van der Waals surface area contributed by atoms with Crippen molar-refractivity contribution in [1.29, 1.82) is 0 Å². The maximum absolute atomic E-state index is 5.65. The molecule has 0 saturated carbocycles. The molecule has 3 aromatic rings. The van der Waals surface area contributed by atoms with E-state index in [1.807, 2.05) is 29.6 Å². The molecule has 0 atom stereocenters. The highest BCUT2D eigenvalue weighted by molar-refractivity contribution is 7.13. The second-order valence-electron chi connectivity index (χ2n) is 3.60. The van der Waals surface area contributed by atoms with Crippen molar-refractivity contribution in [2.75, 3.05) is 5.73 Å². The topological polar surface area (TPSA) is 67.6 Å². The van der Waals surface area contributed by atoms with Gasteiger partial charge in [-0.05, 0) is 12.1 Å². The predicted octanol–water partition coefficient (Wildman–Crippen LogP) is 2.78. The first-order valence-corrected chi connectivity index (χ1v) is 6.02. The molecule has 0 saturated heterocycles. The molecule has 0 fully saturated rings. The number of aromatic amines is 1. The zero-order valence-electron chi connectivity index (χ0n) is 8.92. The summed E-state index contributed by atoms with van der Waals surface area (Å²) in [6.07, 6.45) is 3.51. The van der Waals surface area contributed by atoms with Gasteiger partial charge in [0, 0.05) is 29.0 Å². The summed E-state index contributed by atoms with van der Waals surface area (Å²) in [7, 11) is 0. The van der Waals surface area contributed by atoms with E-state index in [0.29, 0.717) is 0 Å². The number of nitrogens with two attached hydrogens (primary N) is 1. The van der Waals surface area contributed by atoms with Crippen LogP contribution in [0.5, 0.6) is 0 Å². The second kappa shape index (κ2) is 4.03. The Morgan fingerprint density at radius 3 is 2.71 bits per heavy atom. The lowest BCUT2D eigenvalue weighted by atomic mass is 10.1. The minimum absolute atomic E-state index is 0.759. The highest BCUT2D eigenvalue weighted by atomic mass is 32.1. The van der Waals surface area contributed by atoms with E-state index >= 15 is 0 Å². The van der Waals surface area contributed by atoms with Gasteiger partial charge in [0.25, 0.3) is 0 Å². The van der Waals surface area contributed by atoms with Crippen LogP contribution in [0.1, 0.15) is 0 Å². The van der Waals surface area contributed by atoms with E-state index in [-0.39, 0.29) is 0 Å². The molecule has 0 aliphatic heterocycles. The SMILES string of the molecule is Nc1ccc(-c2csc(-c3ncc[nH]3)n2)cc1. The fraction of sp³-hybridized carbons (Fsp3) is 0. The summed E-state index contributed by atoms with van der Waals surface area (Å²) in [4.78, 5) is 11.8. The zero-order chi connectivity index (χ0) is 11.7. The Labute approximate surface area is 102 Å². The van der Waals surface area contributed by atoms with Crippen LogP contribution < -0.4 is 5.73 Å². The first-order chi connectivity index (χ1) is 8.33. The van der Waals surface area contributed by atoms with Gasteiger partial charge in [0.2, 0.25) is 0 Å². The third kappa shape index (κ3) is 1.92. The quantitative estimate of drug-likeness (QED) is 0.679. The fourth-order valence-corrected chi connectivity index (χ4v) is 2.34. The summed E-state index contributed by atoms with van der Waals surface area (Å²) < 4.78 is 0. The number of hydrogen-bond donors (Lipinski definition) is 2. The van der Waals surface area contributed by atoms with Gasteiger partial charge in [0.15, 0.2) is 10.8 Å². The molecule has 17 heavy (non-hydrogen) atoms. The molecule has 0 amide bonds. The first-order valence-electron chi connectivity index (χ1n) is 5.14. The van der Waals surface area contributed by atoms with E-state index in [9.17, 15) is 0 Å². The van der Waals surface area contributed by atoms with Gasteiger partial charge in [0.1, 0.15) is 0 Å². The molecule has 2 heterocycles. The number of rotatable bonds is 2. The Balaban J connectivity index is 1.98. The van der Waals surface area contributed by atoms with Crippen molar-refractivity contribution in [3.05, 3.63) is 42.0 Å². The fourth-order valence-electron chi connectivity index (χ4n) is 1.55. The molecule has 3 N–H and O–H groups in total. The minimum atomic E-state index is 0.759. The lowest BCUT2D eigenvalue weighted by molar-refractivity contribution is 1.27. The average molecular weight is 242 g/mol. The van der Waals surface area contributed by atoms with Gasteiger partial charge < -0.3 is 10.7 Å². The molecule has 0 spiro atoms. The van der Waals surface area contributed by atoms with Crippen LogP contribution in [0.2, 0.25) is 0 Å². The van der Waals surface area contributed by atoms with E-state index in [4.69, 9.17) is 5.73 Å². The second-order valence-corrected chi connectivity index (χ2v) is 4.46. The van der Waals surface area contributed by atoms with E-state index < -0.39 is 0 Å². The van der Waals surface area contributed by atoms with Gasteiger partial charge in [-0.15, -0.1) is 11.3 Å². The highest BCUT2D eigenvalue weighted by Crippen LogP contribution is 2.27. The molecule has 5 heteroatoms. The third-order valence-corrected chi connectivity index (χ3v) is 3.26. The molecule has 0 aliphatic carbocycles. The number of aromatic nitrogens is 3. The van der Waals surface area contributed by atoms with Gasteiger partial charge in [0.05, 0.1) is 5.69 Å². The van der Waals surface area contributed by atoms with Crippen molar-refractivity contribution in [1.82, 2.24) is 15.0 Å². The molecule has 3 rings (SSSR count). The summed E-state index contributed by atoms with van der Waals surface area (Å²) in [6.45, 7) is 0. The molecular weight excluding hydrogens is 232 g/mol. The zero-order valence-corrected chi connectivity index (χ0v) is 9.74. The van der Waals surface area contributed by atoms with Crippen molar-refractivity contribution in [3.63, 3.8) is 0 Å². The number of nitrogens with zero attached hydrogens (tertiary/aromatic N) is 2. The van der Waals surface area contributed by atoms with Crippen molar-refractivity contribution in [2.45, 2.75) is 0 Å². The van der Waals surface area contributed by atoms with Crippen molar-refractivity contribution >= 4 is 17.0 Å². The van der Waals surface area contributed by atoms with Crippen LogP contribution in [0.3, 0.4) is 0 Å². The van der Waals surface area contributed by atoms with Gasteiger partial charge in [-0.2, -0.15) is 0 Å². The number of nitrogen functional groups attached to an aromatic ring is 1. The number of benzene rings is 1. The molecule has 0 aliphatic rings. The lowest BCUT2D eigenvalue weighted by Crippen LogP contribution is -1.84. The Kier molecular flexibility index (Phi) is 2.38. The predicted molar refractivity (Wildman–Crippen MR) is 69.5 cm³/mol. The van der Waals surface area contributed by atoms with Crippen LogP contribution in [0.25, 0.3) is 22.1 Å². The number of hydrogen-bond acceptors (Lipinski definition) is 4. The van der Waals surface area contributed by atoms with Crippen molar-refractivity contribution < 1.29 is 0 Å². The standard InChI is InChI=1S/C12H10N4S/c13-9-3-1-8(2-4-9)10-7-17-12(16-10)11-14-5-6-15-11/h1-7H,13H2,(H,14,15). The summed E-state index contributed by atoms with van der Waals surface area (Å²) in [5.41, 5.74) is 8.42. The monoisotopic (exact) mass is 242 g/mol. The Hall–Kier alpha value is -2.14. The summed E-state index contributed by atoms with van der Waals surface area (Å²) in [6, 6.07) is 7.69. The third-order valence-electron chi connectivity index (χ3n) is 2.41. The molecule has 84 valence electrons. The van der Waals surface area contributed by atoms with E-state index in [2.05, 4.69) is 15.0 Å². The summed E-state index contributed by atoms with van der Waals surface area (Å²) >= 11 is 1.57. The largest absolute Gasteiger partial charge is 0.399 e. The minimum Gasteiger partial charge on any atom is -0.399 e. The Bertz CT molecular complexity index is 610. The molecule has 2 aromatic heterocycles. The number of nitrogens with one attached hydrogen (secondary N) is 1. The Morgan fingerprint density at radius 2 is 2.00 bits per heavy atom. The molecule has 1 aromatic carbocycles. The lowest BCUT2D eigenvalue weighted by Gasteiger charge is -1.96. The van der Waals surface area contributed by atoms with Crippen LogP contribution in [0, 0.1) is 0 Å². The number of anilines is 1. The summed E-state index contributed by atoms with van der Waals surface area (Å²) in [5, 5.41) is 2.91. The molecule has 0 bridgehead atoms. The summed E-state index contributed by atoms with van der Waals surface area (Å²) in [5.74, 6) is 0.802. The van der Waals surface area contributed by atoms with E-state index in [1.54, 1.807) is 23.7 Å². The number of H-pyrrole nitrogens is 1. The maximum Gasteiger partial charge on any atom is 0.166 e. The van der Waals surface area contributed by atoms with Crippen LogP contribution in [-0.2, 0) is 0 Å². The van der Waals surface area contributed by atoms with Gasteiger partial charge in [-0.3, -0.25) is 0 Å². The maximum atomic E-state index is 5.65. The normalized spacial score (nSPS) is 10.6. The van der Waals surface area contributed by atoms with Crippen LogP contribution in [0.4, 0.5) is 5.69 Å². The van der Waals surface area contributed by atoms with Crippen LogP contribution in [0.15, 0.2) is 42.0 Å². The van der Waals surface area contributed by atoms with Gasteiger partial charge in [-0.25, -0.2) is 9.97 Å². The molecule has 4 nitrogen and oxygen atoms in total. The number of imidazole rings is 1. The number of thiazole rings is 1. The van der Waals surface area contributed by atoms with Crippen molar-refractivity contribution in [2.24, 2.45) is 0 Å². The smallest absolute Gasteiger partial charge is 0.166 e. The average Bonchev–Trinajstić information content (AvgIpc) is 3.00. The molecule has 0 radical (unpaired) electrons. The van der Waals surface area contributed by atoms with Gasteiger partial charge in [-0.1, -0.05) is 12.1 Å². The highest BCUT2D eigenvalue weighted by Gasteiger charge is 2.07. The molecule has 0 unspecified atom stereocenters. The van der Waals surface area contributed by atoms with E-state index in [1.165, 1.54) is 0 Å². The van der Waals surface area contributed by atoms with Crippen LogP contribution in [-0.4, -0.2) is 15.0 Å². The molecular formula is C12H10N4S. The first kappa shape index (κ1) is 10.0. The van der Waals surface area contributed by atoms with Gasteiger partial charge >= 0.3 is 0 Å². The Morgan fingerprint density at radius 1 is 1.18 bits per heavy atom. The van der Waals surface area contributed by atoms with E-state index in [0.717, 1.165) is 27.8 Å². The van der Waals surface area contributed by atoms with Crippen molar-refractivity contribution in [3.8, 4) is 22.1 Å².